The molecule has 0 heterocycles. The highest BCUT2D eigenvalue weighted by Gasteiger charge is 2.37. The van der Waals surface area contributed by atoms with E-state index in [1.807, 2.05) is 0 Å². The Morgan fingerprint density at radius 2 is 0.857 bits per heavy atom. The van der Waals surface area contributed by atoms with E-state index in [2.05, 4.69) is 76.2 Å². The maximum Gasteiger partial charge on any atom is -0.0329 e. The van der Waals surface area contributed by atoms with Crippen LogP contribution in [0.15, 0.2) is 0 Å². The normalized spacial score (nSPS) is 20.1. The molecule has 0 nitrogen and oxygen atoms in total. The second kappa shape index (κ2) is 9.21. The van der Waals surface area contributed by atoms with Gasteiger partial charge in [0.1, 0.15) is 0 Å². The Hall–Kier alpha value is 0. The minimum absolute atomic E-state index is 0.781. The van der Waals surface area contributed by atoms with Crippen LogP contribution < -0.4 is 0 Å². The Labute approximate surface area is 136 Å². The van der Waals surface area contributed by atoms with Crippen molar-refractivity contribution in [1.29, 1.82) is 0 Å². The first-order valence-electron chi connectivity index (χ1n) is 9.50. The van der Waals surface area contributed by atoms with Gasteiger partial charge in [-0.25, -0.2) is 0 Å². The molecular weight excluding hydrogens is 252 g/mol. The molecule has 0 aliphatic rings. The van der Waals surface area contributed by atoms with Crippen molar-refractivity contribution in [2.45, 2.75) is 82.6 Å². The fraction of sp³-hybridized carbons (Fsp3) is 1.00. The van der Waals surface area contributed by atoms with Gasteiger partial charge >= 0.3 is 0 Å². The van der Waals surface area contributed by atoms with Gasteiger partial charge in [0.15, 0.2) is 0 Å². The van der Waals surface area contributed by atoms with E-state index in [1.54, 1.807) is 0 Å². The van der Waals surface area contributed by atoms with Crippen LogP contribution in [-0.4, -0.2) is 0 Å². The van der Waals surface area contributed by atoms with Crippen LogP contribution in [0, 0.1) is 53.3 Å². The zero-order chi connectivity index (χ0) is 16.9. The predicted molar refractivity (Wildman–Crippen MR) is 98.4 cm³/mol. The molecule has 0 aromatic carbocycles. The third-order valence-electron chi connectivity index (χ3n) is 5.99. The first kappa shape index (κ1) is 21.0. The van der Waals surface area contributed by atoms with Crippen LogP contribution in [0.4, 0.5) is 0 Å². The molecule has 0 spiro atoms. The van der Waals surface area contributed by atoms with E-state index in [9.17, 15) is 0 Å². The first-order chi connectivity index (χ1) is 9.50. The maximum absolute atomic E-state index is 2.53. The van der Waals surface area contributed by atoms with Crippen molar-refractivity contribution >= 4 is 0 Å². The highest BCUT2D eigenvalue weighted by molar-refractivity contribution is 4.86. The summed E-state index contributed by atoms with van der Waals surface area (Å²) in [6, 6.07) is 0. The first-order valence-corrected chi connectivity index (χ1v) is 9.50. The lowest BCUT2D eigenvalue weighted by Crippen LogP contribution is -2.38. The van der Waals surface area contributed by atoms with Crippen LogP contribution in [0.5, 0.6) is 0 Å². The van der Waals surface area contributed by atoms with E-state index in [0.29, 0.717) is 0 Å². The van der Waals surface area contributed by atoms with Crippen molar-refractivity contribution < 1.29 is 0 Å². The van der Waals surface area contributed by atoms with Crippen molar-refractivity contribution in [2.24, 2.45) is 53.3 Å². The summed E-state index contributed by atoms with van der Waals surface area (Å²) in [6.07, 6.45) is 1.37. The van der Waals surface area contributed by atoms with E-state index < -0.39 is 0 Å². The summed E-state index contributed by atoms with van der Waals surface area (Å²) < 4.78 is 0. The minimum Gasteiger partial charge on any atom is -0.0628 e. The second-order valence-electron chi connectivity index (χ2n) is 9.21. The van der Waals surface area contributed by atoms with Gasteiger partial charge < -0.3 is 0 Å². The molecule has 0 aromatic rings. The molecule has 5 atom stereocenters. The summed E-state index contributed by atoms with van der Waals surface area (Å²) in [7, 11) is 0. The Balaban J connectivity index is 5.32. The minimum atomic E-state index is 0.781. The second-order valence-corrected chi connectivity index (χ2v) is 9.21. The van der Waals surface area contributed by atoms with Gasteiger partial charge in [0.05, 0.1) is 0 Å². The number of hydrogen-bond acceptors (Lipinski definition) is 0. The van der Waals surface area contributed by atoms with Gasteiger partial charge in [-0.05, 0) is 59.7 Å². The summed E-state index contributed by atoms with van der Waals surface area (Å²) in [4.78, 5) is 0. The predicted octanol–water partition coefficient (Wildman–Crippen LogP) is 7.14. The molecule has 0 aliphatic carbocycles. The van der Waals surface area contributed by atoms with Gasteiger partial charge in [0, 0.05) is 0 Å². The van der Waals surface area contributed by atoms with E-state index in [0.717, 1.165) is 53.3 Å². The summed E-state index contributed by atoms with van der Waals surface area (Å²) in [5, 5.41) is 0. The fourth-order valence-electron chi connectivity index (χ4n) is 4.59. The smallest absolute Gasteiger partial charge is 0.0329 e. The number of hydrogen-bond donors (Lipinski definition) is 0. The summed E-state index contributed by atoms with van der Waals surface area (Å²) in [5.74, 6) is 7.31. The summed E-state index contributed by atoms with van der Waals surface area (Å²) in [5.41, 5.74) is 0. The molecule has 0 bridgehead atoms. The summed E-state index contributed by atoms with van der Waals surface area (Å²) >= 11 is 0. The van der Waals surface area contributed by atoms with Gasteiger partial charge in [0.25, 0.3) is 0 Å². The molecule has 0 radical (unpaired) electrons. The molecule has 0 rings (SSSR count). The van der Waals surface area contributed by atoms with Crippen LogP contribution in [0.25, 0.3) is 0 Å². The molecule has 0 saturated heterocycles. The monoisotopic (exact) mass is 296 g/mol. The zero-order valence-corrected chi connectivity index (χ0v) is 16.9. The van der Waals surface area contributed by atoms with Crippen LogP contribution >= 0.6 is 0 Å². The van der Waals surface area contributed by atoms with Crippen molar-refractivity contribution in [3.63, 3.8) is 0 Å². The molecule has 0 aromatic heterocycles. The van der Waals surface area contributed by atoms with Crippen molar-refractivity contribution in [2.75, 3.05) is 0 Å². The van der Waals surface area contributed by atoms with Gasteiger partial charge in [-0.15, -0.1) is 0 Å². The van der Waals surface area contributed by atoms with Crippen LogP contribution in [0.2, 0.25) is 0 Å². The SMILES string of the molecule is CC(C)CC(C)C(C)C(C(C)C)C(C(C)C)C(C)C(C)C. The van der Waals surface area contributed by atoms with Gasteiger partial charge in [-0.3, -0.25) is 0 Å². The Morgan fingerprint density at radius 1 is 0.476 bits per heavy atom. The average molecular weight is 297 g/mol. The van der Waals surface area contributed by atoms with Crippen molar-refractivity contribution in [3.8, 4) is 0 Å². The van der Waals surface area contributed by atoms with Crippen LogP contribution in [-0.2, 0) is 0 Å². The maximum atomic E-state index is 2.53. The fourth-order valence-corrected chi connectivity index (χ4v) is 4.59. The van der Waals surface area contributed by atoms with E-state index in [-0.39, 0.29) is 0 Å². The van der Waals surface area contributed by atoms with Crippen molar-refractivity contribution in [1.82, 2.24) is 0 Å². The standard InChI is InChI=1S/C21H44/c1-13(2)12-17(9)19(11)21(16(7)8)20(15(5)6)18(10)14(3)4/h13-21H,12H2,1-11H3. The third-order valence-corrected chi connectivity index (χ3v) is 5.99. The molecule has 0 saturated carbocycles. The van der Waals surface area contributed by atoms with Crippen LogP contribution in [0.1, 0.15) is 82.6 Å². The Bertz CT molecular complexity index is 261. The lowest BCUT2D eigenvalue weighted by molar-refractivity contribution is 0.0431. The molecular formula is C21H44. The molecule has 0 heteroatoms. The molecule has 5 unspecified atom stereocenters. The lowest BCUT2D eigenvalue weighted by Gasteiger charge is -2.44. The zero-order valence-electron chi connectivity index (χ0n) is 16.9. The van der Waals surface area contributed by atoms with Gasteiger partial charge in [-0.1, -0.05) is 76.2 Å². The molecule has 0 fully saturated rings. The van der Waals surface area contributed by atoms with E-state index >= 15 is 0 Å². The topological polar surface area (TPSA) is 0 Å². The van der Waals surface area contributed by atoms with Crippen molar-refractivity contribution in [3.05, 3.63) is 0 Å². The number of rotatable bonds is 9. The summed E-state index contributed by atoms with van der Waals surface area (Å²) in [6.45, 7) is 26.8. The van der Waals surface area contributed by atoms with E-state index in [4.69, 9.17) is 0 Å². The lowest BCUT2D eigenvalue weighted by atomic mass is 9.61. The Kier molecular flexibility index (Phi) is 9.21. The molecule has 0 N–H and O–H groups in total. The van der Waals surface area contributed by atoms with Gasteiger partial charge in [0.2, 0.25) is 0 Å². The molecule has 0 amide bonds. The van der Waals surface area contributed by atoms with E-state index in [1.165, 1.54) is 6.42 Å². The Morgan fingerprint density at radius 3 is 1.14 bits per heavy atom. The van der Waals surface area contributed by atoms with Crippen LogP contribution in [0.3, 0.4) is 0 Å². The molecule has 128 valence electrons. The molecule has 0 aliphatic heterocycles. The quantitative estimate of drug-likeness (QED) is 0.424. The highest BCUT2D eigenvalue weighted by atomic mass is 14.4. The van der Waals surface area contributed by atoms with Gasteiger partial charge in [-0.2, -0.15) is 0 Å². The average Bonchev–Trinajstić information content (AvgIpc) is 2.32. The highest BCUT2D eigenvalue weighted by Crippen LogP contribution is 2.43. The molecule has 21 heavy (non-hydrogen) atoms. The third kappa shape index (κ3) is 6.33. The largest absolute Gasteiger partial charge is 0.0628 e.